The van der Waals surface area contributed by atoms with E-state index >= 15 is 0 Å². The van der Waals surface area contributed by atoms with Crippen LogP contribution in [0.1, 0.15) is 15.9 Å². The molecule has 200 valence electrons. The summed E-state index contributed by atoms with van der Waals surface area (Å²) in [7, 11) is 1.57. The molecule has 4 aromatic rings. The number of methoxy groups -OCH3 is 1. The lowest BCUT2D eigenvalue weighted by atomic mass is 10.1. The molecule has 1 N–H and O–H groups in total. The van der Waals surface area contributed by atoms with Crippen LogP contribution in [0, 0.1) is 6.92 Å². The number of carbonyl (C=O) groups is 2. The first-order chi connectivity index (χ1) is 19.0. The van der Waals surface area contributed by atoms with Crippen molar-refractivity contribution in [3.63, 3.8) is 0 Å². The van der Waals surface area contributed by atoms with Gasteiger partial charge in [-0.25, -0.2) is 0 Å². The molecule has 2 heterocycles. The van der Waals surface area contributed by atoms with Crippen molar-refractivity contribution in [1.29, 1.82) is 0 Å². The van der Waals surface area contributed by atoms with Gasteiger partial charge in [0.05, 0.1) is 18.4 Å². The second-order valence-electron chi connectivity index (χ2n) is 9.10. The standard InChI is InChI=1S/C29H29N5O4S/c1-20-7-9-21(10-8-20)27-31-32-29(38-27)39-19-26(35)30-22-11-13-23(14-12-22)33-15-17-34(18-16-33)28(36)24-5-3-4-6-25(24)37-2/h3-14H,15-19H2,1-2H3,(H,30,35). The van der Waals surface area contributed by atoms with Gasteiger partial charge in [-0.15, -0.1) is 10.2 Å². The van der Waals surface area contributed by atoms with Gasteiger partial charge in [0, 0.05) is 43.1 Å². The number of nitrogens with one attached hydrogen (secondary N) is 1. The van der Waals surface area contributed by atoms with Crippen LogP contribution < -0.4 is 15.0 Å². The van der Waals surface area contributed by atoms with Crippen molar-refractivity contribution in [2.45, 2.75) is 12.1 Å². The van der Waals surface area contributed by atoms with E-state index in [2.05, 4.69) is 20.4 Å². The Morgan fingerprint density at radius 1 is 0.949 bits per heavy atom. The predicted octanol–water partition coefficient (Wildman–Crippen LogP) is 4.75. The summed E-state index contributed by atoms with van der Waals surface area (Å²) >= 11 is 1.19. The number of rotatable bonds is 8. The number of amides is 2. The van der Waals surface area contributed by atoms with Crippen LogP contribution in [-0.2, 0) is 4.79 Å². The molecule has 0 spiro atoms. The maximum absolute atomic E-state index is 13.0. The lowest BCUT2D eigenvalue weighted by Crippen LogP contribution is -2.48. The molecule has 1 saturated heterocycles. The summed E-state index contributed by atoms with van der Waals surface area (Å²) in [5.74, 6) is 0.990. The fourth-order valence-electron chi connectivity index (χ4n) is 4.32. The smallest absolute Gasteiger partial charge is 0.277 e. The maximum Gasteiger partial charge on any atom is 0.277 e. The van der Waals surface area contributed by atoms with Crippen molar-refractivity contribution in [3.8, 4) is 17.2 Å². The van der Waals surface area contributed by atoms with Gasteiger partial charge in [-0.05, 0) is 55.5 Å². The SMILES string of the molecule is COc1ccccc1C(=O)N1CCN(c2ccc(NC(=O)CSc3nnc(-c4ccc(C)cc4)o3)cc2)CC1. The van der Waals surface area contributed by atoms with Gasteiger partial charge in [0.1, 0.15) is 5.75 Å². The summed E-state index contributed by atoms with van der Waals surface area (Å²) in [6, 6.07) is 22.8. The van der Waals surface area contributed by atoms with Crippen LogP contribution in [0.4, 0.5) is 11.4 Å². The van der Waals surface area contributed by atoms with Crippen molar-refractivity contribution in [2.24, 2.45) is 0 Å². The van der Waals surface area contributed by atoms with Crippen LogP contribution >= 0.6 is 11.8 Å². The minimum Gasteiger partial charge on any atom is -0.496 e. The fourth-order valence-corrected chi connectivity index (χ4v) is 4.88. The highest BCUT2D eigenvalue weighted by molar-refractivity contribution is 7.99. The van der Waals surface area contributed by atoms with E-state index in [-0.39, 0.29) is 17.6 Å². The Balaban J connectivity index is 1.09. The number of hydrogen-bond acceptors (Lipinski definition) is 8. The molecule has 1 aromatic heterocycles. The zero-order valence-electron chi connectivity index (χ0n) is 21.8. The summed E-state index contributed by atoms with van der Waals surface area (Å²) in [5, 5.41) is 11.3. The van der Waals surface area contributed by atoms with Gasteiger partial charge < -0.3 is 24.3 Å². The van der Waals surface area contributed by atoms with E-state index in [0.717, 1.165) is 29.9 Å². The second-order valence-corrected chi connectivity index (χ2v) is 10.0. The Hall–Kier alpha value is -4.31. The number of thioether (sulfide) groups is 1. The fraction of sp³-hybridized carbons (Fsp3) is 0.241. The lowest BCUT2D eigenvalue weighted by molar-refractivity contribution is -0.113. The molecule has 5 rings (SSSR count). The van der Waals surface area contributed by atoms with Gasteiger partial charge in [-0.2, -0.15) is 0 Å². The van der Waals surface area contributed by atoms with Crippen LogP contribution in [0.25, 0.3) is 11.5 Å². The van der Waals surface area contributed by atoms with Gasteiger partial charge in [0.2, 0.25) is 11.8 Å². The third-order valence-electron chi connectivity index (χ3n) is 6.45. The highest BCUT2D eigenvalue weighted by Gasteiger charge is 2.24. The molecule has 9 nitrogen and oxygen atoms in total. The van der Waals surface area contributed by atoms with Crippen molar-refractivity contribution < 1.29 is 18.7 Å². The zero-order chi connectivity index (χ0) is 27.2. The van der Waals surface area contributed by atoms with E-state index in [0.29, 0.717) is 41.2 Å². The molecule has 0 unspecified atom stereocenters. The molecule has 0 radical (unpaired) electrons. The molecular formula is C29H29N5O4S. The summed E-state index contributed by atoms with van der Waals surface area (Å²) < 4.78 is 11.0. The third kappa shape index (κ3) is 6.40. The first kappa shape index (κ1) is 26.3. The van der Waals surface area contributed by atoms with Crippen LogP contribution in [-0.4, -0.2) is 66.0 Å². The third-order valence-corrected chi connectivity index (χ3v) is 7.27. The van der Waals surface area contributed by atoms with Gasteiger partial charge >= 0.3 is 0 Å². The monoisotopic (exact) mass is 543 g/mol. The molecule has 0 bridgehead atoms. The number of benzene rings is 3. The minimum atomic E-state index is -0.161. The molecule has 1 aliphatic heterocycles. The molecule has 3 aromatic carbocycles. The van der Waals surface area contributed by atoms with E-state index in [1.165, 1.54) is 11.8 Å². The summed E-state index contributed by atoms with van der Waals surface area (Å²) in [4.78, 5) is 29.5. The second kappa shape index (κ2) is 12.0. The zero-order valence-corrected chi connectivity index (χ0v) is 22.6. The summed E-state index contributed by atoms with van der Waals surface area (Å²) in [6.45, 7) is 4.69. The van der Waals surface area contributed by atoms with Crippen molar-refractivity contribution in [3.05, 3.63) is 83.9 Å². The van der Waals surface area contributed by atoms with Gasteiger partial charge in [-0.1, -0.05) is 41.6 Å². The van der Waals surface area contributed by atoms with E-state index in [4.69, 9.17) is 9.15 Å². The highest BCUT2D eigenvalue weighted by Crippen LogP contribution is 2.25. The topological polar surface area (TPSA) is 101 Å². The normalized spacial score (nSPS) is 13.3. The first-order valence-corrected chi connectivity index (χ1v) is 13.6. The number of nitrogens with zero attached hydrogens (tertiary/aromatic N) is 4. The average Bonchev–Trinajstić information content (AvgIpc) is 3.46. The molecule has 2 amide bonds. The average molecular weight is 544 g/mol. The van der Waals surface area contributed by atoms with Crippen molar-refractivity contribution in [1.82, 2.24) is 15.1 Å². The molecule has 39 heavy (non-hydrogen) atoms. The summed E-state index contributed by atoms with van der Waals surface area (Å²) in [6.07, 6.45) is 0. The first-order valence-electron chi connectivity index (χ1n) is 12.6. The number of aromatic nitrogens is 2. The van der Waals surface area contributed by atoms with E-state index in [9.17, 15) is 9.59 Å². The number of piperazine rings is 1. The van der Waals surface area contributed by atoms with Crippen molar-refractivity contribution >= 4 is 35.0 Å². The highest BCUT2D eigenvalue weighted by atomic mass is 32.2. The molecule has 10 heteroatoms. The van der Waals surface area contributed by atoms with E-state index in [1.807, 2.05) is 72.5 Å². The van der Waals surface area contributed by atoms with Gasteiger partial charge in [0.15, 0.2) is 0 Å². The minimum absolute atomic E-state index is 0.0186. The molecule has 1 aliphatic rings. The van der Waals surface area contributed by atoms with Crippen molar-refractivity contribution in [2.75, 3.05) is 49.3 Å². The molecule has 0 saturated carbocycles. The van der Waals surface area contributed by atoms with Crippen LogP contribution in [0.3, 0.4) is 0 Å². The predicted molar refractivity (Wildman–Crippen MR) is 151 cm³/mol. The molecule has 0 atom stereocenters. The maximum atomic E-state index is 13.0. The largest absolute Gasteiger partial charge is 0.496 e. The lowest BCUT2D eigenvalue weighted by Gasteiger charge is -2.36. The molecular weight excluding hydrogens is 514 g/mol. The van der Waals surface area contributed by atoms with Crippen LogP contribution in [0.5, 0.6) is 5.75 Å². The number of hydrogen-bond donors (Lipinski definition) is 1. The quantitative estimate of drug-likeness (QED) is 0.318. The Bertz CT molecular complexity index is 1430. The van der Waals surface area contributed by atoms with E-state index in [1.54, 1.807) is 19.2 Å². The number of aryl methyl sites for hydroxylation is 1. The number of carbonyl (C=O) groups excluding carboxylic acids is 2. The Morgan fingerprint density at radius 2 is 1.67 bits per heavy atom. The Labute approximate surface area is 231 Å². The molecule has 0 aliphatic carbocycles. The van der Waals surface area contributed by atoms with Crippen LogP contribution in [0.15, 0.2) is 82.4 Å². The van der Waals surface area contributed by atoms with Crippen LogP contribution in [0.2, 0.25) is 0 Å². The Morgan fingerprint density at radius 3 is 2.38 bits per heavy atom. The number of ether oxygens (including phenoxy) is 1. The van der Waals surface area contributed by atoms with E-state index < -0.39 is 0 Å². The Kier molecular flexibility index (Phi) is 8.12. The number of anilines is 2. The van der Waals surface area contributed by atoms with Gasteiger partial charge in [-0.3, -0.25) is 9.59 Å². The summed E-state index contributed by atoms with van der Waals surface area (Å²) in [5.41, 5.74) is 4.32. The molecule has 1 fully saturated rings. The van der Waals surface area contributed by atoms with Gasteiger partial charge in [0.25, 0.3) is 11.1 Å². The number of para-hydroxylation sites is 1.